The molecule has 0 bridgehead atoms. The number of nitrogens with zero attached hydrogens (tertiary/aromatic N) is 1. The Kier molecular flexibility index (Phi) is 3.04. The van der Waals surface area contributed by atoms with Crippen LogP contribution in [-0.4, -0.2) is 40.9 Å². The Morgan fingerprint density at radius 1 is 1.12 bits per heavy atom. The number of carboxylic acid groups (broad SMARTS) is 1. The molecular formula is C11H16N2O4. The minimum atomic E-state index is -0.893. The van der Waals surface area contributed by atoms with Gasteiger partial charge in [-0.1, -0.05) is 0 Å². The third kappa shape index (κ3) is 2.40. The summed E-state index contributed by atoms with van der Waals surface area (Å²) in [6, 6.07) is 0. The zero-order chi connectivity index (χ0) is 12.6. The molecule has 2 aliphatic rings. The van der Waals surface area contributed by atoms with E-state index in [9.17, 15) is 14.4 Å². The number of carbonyl (C=O) groups excluding carboxylic acids is 2. The number of hydrogen-bond donors (Lipinski definition) is 2. The van der Waals surface area contributed by atoms with Gasteiger partial charge in [-0.2, -0.15) is 0 Å². The Balaban J connectivity index is 1.83. The molecule has 1 saturated carbocycles. The summed E-state index contributed by atoms with van der Waals surface area (Å²) in [5.41, 5.74) is 5.20. The zero-order valence-corrected chi connectivity index (χ0v) is 9.46. The molecule has 1 saturated heterocycles. The second-order valence-corrected chi connectivity index (χ2v) is 4.79. The third-order valence-electron chi connectivity index (χ3n) is 3.63. The first-order valence-electron chi connectivity index (χ1n) is 5.81. The summed E-state index contributed by atoms with van der Waals surface area (Å²) in [4.78, 5) is 35.2. The smallest absolute Gasteiger partial charge is 0.307 e. The second kappa shape index (κ2) is 4.35. The van der Waals surface area contributed by atoms with Gasteiger partial charge in [-0.05, 0) is 19.3 Å². The maximum atomic E-state index is 11.9. The Hall–Kier alpha value is -1.59. The van der Waals surface area contributed by atoms with E-state index < -0.39 is 11.9 Å². The maximum absolute atomic E-state index is 11.9. The highest BCUT2D eigenvalue weighted by atomic mass is 16.4. The van der Waals surface area contributed by atoms with Crippen molar-refractivity contribution >= 4 is 17.8 Å². The van der Waals surface area contributed by atoms with Gasteiger partial charge in [-0.15, -0.1) is 0 Å². The topological polar surface area (TPSA) is 101 Å². The van der Waals surface area contributed by atoms with Gasteiger partial charge in [-0.25, -0.2) is 0 Å². The van der Waals surface area contributed by atoms with Crippen LogP contribution in [0.25, 0.3) is 0 Å². The van der Waals surface area contributed by atoms with Gasteiger partial charge in [0.1, 0.15) is 0 Å². The van der Waals surface area contributed by atoms with E-state index in [4.69, 9.17) is 10.8 Å². The molecule has 2 amide bonds. The lowest BCUT2D eigenvalue weighted by Gasteiger charge is -2.30. The van der Waals surface area contributed by atoms with Gasteiger partial charge in [0.15, 0.2) is 0 Å². The van der Waals surface area contributed by atoms with Crippen LogP contribution in [0.15, 0.2) is 0 Å². The summed E-state index contributed by atoms with van der Waals surface area (Å²) in [5.74, 6) is -2.29. The molecule has 1 heterocycles. The summed E-state index contributed by atoms with van der Waals surface area (Å²) in [7, 11) is 0. The van der Waals surface area contributed by atoms with Crippen LogP contribution in [0.2, 0.25) is 0 Å². The Bertz CT molecular complexity index is 360. The number of primary amides is 1. The number of likely N-dealkylation sites (tertiary alicyclic amines) is 1. The van der Waals surface area contributed by atoms with Crippen LogP contribution in [0, 0.1) is 17.8 Å². The zero-order valence-electron chi connectivity index (χ0n) is 9.46. The highest BCUT2D eigenvalue weighted by molar-refractivity contribution is 5.89. The number of amides is 2. The fraction of sp³-hybridized carbons (Fsp3) is 0.727. The van der Waals surface area contributed by atoms with E-state index in [-0.39, 0.29) is 23.7 Å². The van der Waals surface area contributed by atoms with E-state index in [1.54, 1.807) is 4.90 Å². The monoisotopic (exact) mass is 240 g/mol. The molecule has 6 nitrogen and oxygen atoms in total. The molecule has 6 heteroatoms. The number of piperidine rings is 1. The van der Waals surface area contributed by atoms with Crippen molar-refractivity contribution in [1.82, 2.24) is 4.90 Å². The largest absolute Gasteiger partial charge is 0.481 e. The van der Waals surface area contributed by atoms with E-state index in [1.807, 2.05) is 0 Å². The van der Waals surface area contributed by atoms with Crippen LogP contribution < -0.4 is 5.73 Å². The summed E-state index contributed by atoms with van der Waals surface area (Å²) in [6.45, 7) is 1.02. The van der Waals surface area contributed by atoms with E-state index in [2.05, 4.69) is 0 Å². The molecule has 0 unspecified atom stereocenters. The quantitative estimate of drug-likeness (QED) is 0.689. The van der Waals surface area contributed by atoms with Crippen molar-refractivity contribution < 1.29 is 19.5 Å². The van der Waals surface area contributed by atoms with E-state index in [1.165, 1.54) is 0 Å². The van der Waals surface area contributed by atoms with Gasteiger partial charge < -0.3 is 15.7 Å². The second-order valence-electron chi connectivity index (χ2n) is 4.79. The predicted molar refractivity (Wildman–Crippen MR) is 57.7 cm³/mol. The summed E-state index contributed by atoms with van der Waals surface area (Å²) in [5, 5.41) is 8.75. The fourth-order valence-electron chi connectivity index (χ4n) is 2.36. The van der Waals surface area contributed by atoms with Gasteiger partial charge in [0, 0.05) is 19.0 Å². The highest BCUT2D eigenvalue weighted by Crippen LogP contribution is 2.40. The molecule has 2 atom stereocenters. The molecule has 1 aliphatic heterocycles. The lowest BCUT2D eigenvalue weighted by molar-refractivity contribution is -0.142. The minimum absolute atomic E-state index is 0.0830. The third-order valence-corrected chi connectivity index (χ3v) is 3.63. The van der Waals surface area contributed by atoms with Gasteiger partial charge in [0.2, 0.25) is 11.8 Å². The molecular weight excluding hydrogens is 224 g/mol. The van der Waals surface area contributed by atoms with Crippen molar-refractivity contribution in [2.45, 2.75) is 19.3 Å². The van der Waals surface area contributed by atoms with Gasteiger partial charge in [0.05, 0.1) is 11.8 Å². The van der Waals surface area contributed by atoms with Crippen molar-refractivity contribution in [3.63, 3.8) is 0 Å². The van der Waals surface area contributed by atoms with Crippen molar-refractivity contribution in [3.8, 4) is 0 Å². The molecule has 0 radical (unpaired) electrons. The molecule has 17 heavy (non-hydrogen) atoms. The standard InChI is InChI=1S/C11H16N2O4/c12-9(14)6-1-3-13(4-2-6)10(15)7-5-8(7)11(16)17/h6-8H,1-5H2,(H2,12,14)(H,16,17)/t7-,8+/m1/s1. The number of carboxylic acids is 1. The molecule has 3 N–H and O–H groups in total. The van der Waals surface area contributed by atoms with Crippen LogP contribution in [0.1, 0.15) is 19.3 Å². The molecule has 0 aromatic rings. The van der Waals surface area contributed by atoms with Crippen LogP contribution in [0.5, 0.6) is 0 Å². The van der Waals surface area contributed by atoms with Crippen LogP contribution in [0.4, 0.5) is 0 Å². The molecule has 0 spiro atoms. The molecule has 2 rings (SSSR count). The Morgan fingerprint density at radius 2 is 1.71 bits per heavy atom. The first-order valence-corrected chi connectivity index (χ1v) is 5.81. The number of nitrogens with two attached hydrogens (primary N) is 1. The first kappa shape index (κ1) is 11.9. The van der Waals surface area contributed by atoms with Crippen LogP contribution in [0.3, 0.4) is 0 Å². The molecule has 2 fully saturated rings. The number of hydrogen-bond acceptors (Lipinski definition) is 3. The molecule has 1 aliphatic carbocycles. The van der Waals surface area contributed by atoms with E-state index in [0.717, 1.165) is 0 Å². The minimum Gasteiger partial charge on any atom is -0.481 e. The lowest BCUT2D eigenvalue weighted by Crippen LogP contribution is -2.42. The Labute approximate surface area is 98.8 Å². The average Bonchev–Trinajstić information content (AvgIpc) is 3.08. The van der Waals surface area contributed by atoms with Crippen LogP contribution >= 0.6 is 0 Å². The van der Waals surface area contributed by atoms with Crippen molar-refractivity contribution in [1.29, 1.82) is 0 Å². The summed E-state index contributed by atoms with van der Waals surface area (Å²) >= 11 is 0. The summed E-state index contributed by atoms with van der Waals surface area (Å²) < 4.78 is 0. The van der Waals surface area contributed by atoms with Crippen molar-refractivity contribution in [2.75, 3.05) is 13.1 Å². The summed E-state index contributed by atoms with van der Waals surface area (Å²) in [6.07, 6.45) is 1.63. The normalized spacial score (nSPS) is 28.8. The first-order chi connectivity index (χ1) is 8.00. The SMILES string of the molecule is NC(=O)C1CCN(C(=O)[C@@H]2C[C@@H]2C(=O)O)CC1. The van der Waals surface area contributed by atoms with E-state index >= 15 is 0 Å². The van der Waals surface area contributed by atoms with E-state index in [0.29, 0.717) is 32.4 Å². The molecule has 0 aromatic carbocycles. The maximum Gasteiger partial charge on any atom is 0.307 e. The average molecular weight is 240 g/mol. The lowest BCUT2D eigenvalue weighted by atomic mass is 9.96. The number of aliphatic carboxylic acids is 1. The highest BCUT2D eigenvalue weighted by Gasteiger charge is 2.50. The number of carbonyl (C=O) groups is 3. The predicted octanol–water partition coefficient (Wildman–Crippen LogP) is -0.569. The Morgan fingerprint density at radius 3 is 2.12 bits per heavy atom. The van der Waals surface area contributed by atoms with Gasteiger partial charge >= 0.3 is 5.97 Å². The fourth-order valence-corrected chi connectivity index (χ4v) is 2.36. The van der Waals surface area contributed by atoms with Crippen molar-refractivity contribution in [3.05, 3.63) is 0 Å². The molecule has 0 aromatic heterocycles. The molecule has 94 valence electrons. The number of rotatable bonds is 3. The van der Waals surface area contributed by atoms with Gasteiger partial charge in [-0.3, -0.25) is 14.4 Å². The van der Waals surface area contributed by atoms with Crippen molar-refractivity contribution in [2.24, 2.45) is 23.5 Å². The van der Waals surface area contributed by atoms with Gasteiger partial charge in [0.25, 0.3) is 0 Å². The van der Waals surface area contributed by atoms with Crippen LogP contribution in [-0.2, 0) is 14.4 Å².